The summed E-state index contributed by atoms with van der Waals surface area (Å²) in [5.74, 6) is 0.983. The van der Waals surface area contributed by atoms with E-state index >= 15 is 0 Å². The minimum absolute atomic E-state index is 0.182. The summed E-state index contributed by atoms with van der Waals surface area (Å²) in [7, 11) is 0. The molecule has 0 aromatic heterocycles. The van der Waals surface area contributed by atoms with Crippen LogP contribution in [0.4, 0.5) is 4.79 Å². The van der Waals surface area contributed by atoms with E-state index in [9.17, 15) is 9.90 Å². The van der Waals surface area contributed by atoms with Crippen LogP contribution in [-0.2, 0) is 0 Å². The Bertz CT molecular complexity index is 498. The van der Waals surface area contributed by atoms with Crippen molar-refractivity contribution in [2.75, 3.05) is 13.1 Å². The van der Waals surface area contributed by atoms with Gasteiger partial charge >= 0.3 is 6.03 Å². The van der Waals surface area contributed by atoms with E-state index in [4.69, 9.17) is 16.3 Å². The molecule has 1 aliphatic rings. The van der Waals surface area contributed by atoms with E-state index in [0.29, 0.717) is 29.8 Å². The van der Waals surface area contributed by atoms with Gasteiger partial charge in [-0.05, 0) is 44.2 Å². The van der Waals surface area contributed by atoms with Gasteiger partial charge in [0.05, 0.1) is 17.7 Å². The van der Waals surface area contributed by atoms with Crippen LogP contribution in [0.1, 0.15) is 26.2 Å². The number of rotatable bonds is 6. The second kappa shape index (κ2) is 8.25. The largest absolute Gasteiger partial charge is 0.487 e. The van der Waals surface area contributed by atoms with Gasteiger partial charge in [0.1, 0.15) is 11.9 Å². The van der Waals surface area contributed by atoms with Gasteiger partial charge in [-0.1, -0.05) is 23.7 Å². The van der Waals surface area contributed by atoms with Gasteiger partial charge in [0, 0.05) is 6.54 Å². The first-order valence-electron chi connectivity index (χ1n) is 7.65. The third-order valence-corrected chi connectivity index (χ3v) is 4.09. The zero-order chi connectivity index (χ0) is 15.9. The molecule has 1 fully saturated rings. The maximum Gasteiger partial charge on any atom is 0.314 e. The summed E-state index contributed by atoms with van der Waals surface area (Å²) in [5, 5.41) is 15.6. The van der Waals surface area contributed by atoms with Gasteiger partial charge in [-0.3, -0.25) is 0 Å². The number of amides is 2. The van der Waals surface area contributed by atoms with Gasteiger partial charge in [-0.2, -0.15) is 0 Å². The Morgan fingerprint density at radius 2 is 2.18 bits per heavy atom. The smallest absolute Gasteiger partial charge is 0.314 e. The van der Waals surface area contributed by atoms with Crippen molar-refractivity contribution in [2.24, 2.45) is 5.92 Å². The van der Waals surface area contributed by atoms with Crippen LogP contribution >= 0.6 is 11.6 Å². The minimum Gasteiger partial charge on any atom is -0.487 e. The van der Waals surface area contributed by atoms with Crippen molar-refractivity contribution in [2.45, 2.75) is 38.4 Å². The summed E-state index contributed by atoms with van der Waals surface area (Å²) in [6.45, 7) is 2.87. The number of hydrogen-bond donors (Lipinski definition) is 3. The van der Waals surface area contributed by atoms with Crippen molar-refractivity contribution in [3.63, 3.8) is 0 Å². The normalized spacial score (nSPS) is 22.1. The number of para-hydroxylation sites is 1. The fourth-order valence-electron chi connectivity index (χ4n) is 2.57. The number of aliphatic hydroxyl groups excluding tert-OH is 1. The van der Waals surface area contributed by atoms with E-state index in [1.807, 2.05) is 19.1 Å². The monoisotopic (exact) mass is 326 g/mol. The van der Waals surface area contributed by atoms with E-state index in [2.05, 4.69) is 10.6 Å². The van der Waals surface area contributed by atoms with Crippen molar-refractivity contribution in [1.29, 1.82) is 0 Å². The summed E-state index contributed by atoms with van der Waals surface area (Å²) < 4.78 is 5.68. The van der Waals surface area contributed by atoms with Gasteiger partial charge < -0.3 is 20.5 Å². The Hall–Kier alpha value is -1.46. The van der Waals surface area contributed by atoms with Gasteiger partial charge in [0.25, 0.3) is 0 Å². The zero-order valence-electron chi connectivity index (χ0n) is 12.7. The number of nitrogens with one attached hydrogen (secondary N) is 2. The lowest BCUT2D eigenvalue weighted by Crippen LogP contribution is -2.42. The molecule has 1 aromatic rings. The summed E-state index contributed by atoms with van der Waals surface area (Å²) >= 11 is 6.02. The Kier molecular flexibility index (Phi) is 6.34. The molecule has 2 amide bonds. The number of benzene rings is 1. The predicted molar refractivity (Wildman–Crippen MR) is 86.3 cm³/mol. The molecular formula is C16H23ClN2O3. The van der Waals surface area contributed by atoms with Crippen molar-refractivity contribution in [3.05, 3.63) is 29.3 Å². The second-order valence-electron chi connectivity index (χ2n) is 5.78. The maximum absolute atomic E-state index is 11.7. The van der Waals surface area contributed by atoms with Crippen LogP contribution in [0.25, 0.3) is 0 Å². The summed E-state index contributed by atoms with van der Waals surface area (Å²) in [4.78, 5) is 11.7. The molecule has 0 heterocycles. The van der Waals surface area contributed by atoms with Crippen LogP contribution in [0.3, 0.4) is 0 Å². The van der Waals surface area contributed by atoms with E-state index in [-0.39, 0.29) is 18.2 Å². The van der Waals surface area contributed by atoms with Crippen LogP contribution in [0.2, 0.25) is 5.02 Å². The fraction of sp³-hybridized carbons (Fsp3) is 0.562. The number of ether oxygens (including phenoxy) is 1. The highest BCUT2D eigenvalue weighted by molar-refractivity contribution is 6.32. The summed E-state index contributed by atoms with van der Waals surface area (Å²) in [6, 6.07) is 7.04. The van der Waals surface area contributed by atoms with E-state index in [0.717, 1.165) is 19.3 Å². The Labute approximate surface area is 136 Å². The fourth-order valence-corrected chi connectivity index (χ4v) is 2.75. The number of hydrogen-bond acceptors (Lipinski definition) is 3. The Morgan fingerprint density at radius 3 is 2.86 bits per heavy atom. The van der Waals surface area contributed by atoms with Crippen molar-refractivity contribution >= 4 is 17.6 Å². The highest BCUT2D eigenvalue weighted by atomic mass is 35.5. The molecule has 0 aliphatic heterocycles. The molecule has 1 aromatic carbocycles. The Balaban J connectivity index is 1.64. The average Bonchev–Trinajstić information content (AvgIpc) is 2.91. The molecule has 1 saturated carbocycles. The summed E-state index contributed by atoms with van der Waals surface area (Å²) in [5.41, 5.74) is 0. The number of halogens is 1. The van der Waals surface area contributed by atoms with E-state index in [1.165, 1.54) is 0 Å². The molecule has 22 heavy (non-hydrogen) atoms. The van der Waals surface area contributed by atoms with Crippen molar-refractivity contribution in [1.82, 2.24) is 10.6 Å². The number of carbonyl (C=O) groups excluding carboxylic acids is 1. The topological polar surface area (TPSA) is 70.6 Å². The standard InChI is InChI=1S/C16H23ClN2O3/c1-11(22-15-5-3-2-4-14(15)17)9-18-16(21)19-10-12-6-7-13(20)8-12/h2-5,11-13,20H,6-10H2,1H3,(H2,18,19,21)/t11-,12+,13-/m1/s1. The molecule has 0 bridgehead atoms. The van der Waals surface area contributed by atoms with Crippen LogP contribution in [0, 0.1) is 5.92 Å². The first kappa shape index (κ1) is 16.9. The molecule has 6 heteroatoms. The molecule has 0 radical (unpaired) electrons. The first-order valence-corrected chi connectivity index (χ1v) is 8.03. The third kappa shape index (κ3) is 5.39. The molecule has 0 spiro atoms. The van der Waals surface area contributed by atoms with E-state index < -0.39 is 0 Å². The average molecular weight is 327 g/mol. The maximum atomic E-state index is 11.7. The lowest BCUT2D eigenvalue weighted by molar-refractivity contribution is 0.177. The molecule has 0 unspecified atom stereocenters. The molecule has 2 rings (SSSR count). The molecule has 3 atom stereocenters. The van der Waals surface area contributed by atoms with Crippen LogP contribution in [0.5, 0.6) is 5.75 Å². The lowest BCUT2D eigenvalue weighted by Gasteiger charge is -2.17. The highest BCUT2D eigenvalue weighted by Gasteiger charge is 2.22. The molecule has 122 valence electrons. The molecule has 0 saturated heterocycles. The lowest BCUT2D eigenvalue weighted by atomic mass is 10.1. The molecular weight excluding hydrogens is 304 g/mol. The van der Waals surface area contributed by atoms with Crippen LogP contribution < -0.4 is 15.4 Å². The van der Waals surface area contributed by atoms with Crippen LogP contribution in [0.15, 0.2) is 24.3 Å². The Morgan fingerprint density at radius 1 is 1.41 bits per heavy atom. The van der Waals surface area contributed by atoms with Gasteiger partial charge in [-0.25, -0.2) is 4.79 Å². The van der Waals surface area contributed by atoms with Gasteiger partial charge in [0.15, 0.2) is 0 Å². The van der Waals surface area contributed by atoms with Crippen LogP contribution in [-0.4, -0.2) is 36.4 Å². The molecule has 1 aliphatic carbocycles. The van der Waals surface area contributed by atoms with E-state index in [1.54, 1.807) is 12.1 Å². The molecule has 3 N–H and O–H groups in total. The third-order valence-electron chi connectivity index (χ3n) is 3.78. The minimum atomic E-state index is -0.212. The summed E-state index contributed by atoms with van der Waals surface area (Å²) in [6.07, 6.45) is 2.18. The molecule has 5 nitrogen and oxygen atoms in total. The zero-order valence-corrected chi connectivity index (χ0v) is 13.5. The van der Waals surface area contributed by atoms with Gasteiger partial charge in [-0.15, -0.1) is 0 Å². The number of carbonyl (C=O) groups is 1. The first-order chi connectivity index (χ1) is 10.5. The van der Waals surface area contributed by atoms with Crippen molar-refractivity contribution < 1.29 is 14.6 Å². The van der Waals surface area contributed by atoms with Crippen molar-refractivity contribution in [3.8, 4) is 5.75 Å². The second-order valence-corrected chi connectivity index (χ2v) is 6.19. The quantitative estimate of drug-likeness (QED) is 0.752. The SMILES string of the molecule is C[C@H](CNC(=O)NC[C@H]1CC[C@@H](O)C1)Oc1ccccc1Cl. The highest BCUT2D eigenvalue weighted by Crippen LogP contribution is 2.25. The number of aliphatic hydroxyl groups is 1. The number of urea groups is 1. The predicted octanol–water partition coefficient (Wildman–Crippen LogP) is 2.57. The van der Waals surface area contributed by atoms with Gasteiger partial charge in [0.2, 0.25) is 0 Å².